The zero-order chi connectivity index (χ0) is 23.1. The first kappa shape index (κ1) is 24.2. The van der Waals surface area contributed by atoms with Crippen LogP contribution in [0.2, 0.25) is 5.02 Å². The van der Waals surface area contributed by atoms with Gasteiger partial charge in [-0.15, -0.1) is 0 Å². The third-order valence-corrected chi connectivity index (χ3v) is 6.67. The van der Waals surface area contributed by atoms with E-state index in [9.17, 15) is 18.0 Å². The first-order valence-corrected chi connectivity index (χ1v) is 12.1. The largest absolute Gasteiger partial charge is 0.376 e. The normalized spacial score (nSPS) is 16.0. The van der Waals surface area contributed by atoms with E-state index < -0.39 is 22.5 Å². The molecule has 0 saturated carbocycles. The highest BCUT2D eigenvalue weighted by Gasteiger charge is 2.23. The van der Waals surface area contributed by atoms with Gasteiger partial charge in [0.2, 0.25) is 21.8 Å². The van der Waals surface area contributed by atoms with Crippen LogP contribution >= 0.6 is 11.6 Å². The van der Waals surface area contributed by atoms with Gasteiger partial charge < -0.3 is 15.0 Å². The lowest BCUT2D eigenvalue weighted by atomic mass is 10.2. The molecule has 1 atom stereocenters. The Morgan fingerprint density at radius 2 is 1.94 bits per heavy atom. The third-order valence-electron chi connectivity index (χ3n) is 5.00. The van der Waals surface area contributed by atoms with Gasteiger partial charge in [0.1, 0.15) is 6.54 Å². The predicted octanol–water partition coefficient (Wildman–Crippen LogP) is 2.26. The smallest absolute Gasteiger partial charge is 0.242 e. The molecule has 1 fully saturated rings. The first-order valence-electron chi connectivity index (χ1n) is 10.3. The number of carbonyl (C=O) groups excluding carboxylic acids is 2. The summed E-state index contributed by atoms with van der Waals surface area (Å²) >= 11 is 5.81. The number of nitrogens with one attached hydrogen (secondary N) is 2. The molecule has 3 rings (SSSR count). The summed E-state index contributed by atoms with van der Waals surface area (Å²) in [5, 5.41) is 3.19. The lowest BCUT2D eigenvalue weighted by Crippen LogP contribution is -2.46. The van der Waals surface area contributed by atoms with Gasteiger partial charge in [-0.2, -0.15) is 0 Å². The lowest BCUT2D eigenvalue weighted by Gasteiger charge is -2.23. The molecule has 1 heterocycles. The molecule has 32 heavy (non-hydrogen) atoms. The van der Waals surface area contributed by atoms with Crippen LogP contribution in [0.4, 0.5) is 5.69 Å². The number of sulfonamides is 1. The fraction of sp³-hybridized carbons (Fsp3) is 0.364. The van der Waals surface area contributed by atoms with Gasteiger partial charge in [-0.05, 0) is 61.7 Å². The summed E-state index contributed by atoms with van der Waals surface area (Å²) in [4.78, 5) is 26.7. The van der Waals surface area contributed by atoms with Crippen LogP contribution in [-0.4, -0.2) is 52.6 Å². The molecule has 2 aromatic carbocycles. The highest BCUT2D eigenvalue weighted by atomic mass is 35.5. The molecule has 1 aliphatic rings. The number of ether oxygens (including phenoxy) is 1. The van der Waals surface area contributed by atoms with Crippen LogP contribution in [0.3, 0.4) is 0 Å². The van der Waals surface area contributed by atoms with E-state index in [1.165, 1.54) is 29.2 Å². The Morgan fingerprint density at radius 1 is 1.19 bits per heavy atom. The van der Waals surface area contributed by atoms with E-state index in [2.05, 4.69) is 10.0 Å². The topological polar surface area (TPSA) is 105 Å². The molecule has 0 unspecified atom stereocenters. The number of halogens is 1. The van der Waals surface area contributed by atoms with E-state index in [1.54, 1.807) is 18.2 Å². The summed E-state index contributed by atoms with van der Waals surface area (Å²) in [6.07, 6.45) is 1.82. The van der Waals surface area contributed by atoms with Gasteiger partial charge in [-0.1, -0.05) is 23.7 Å². The standard InChI is InChI=1S/C22H26ClN3O5S/c1-16-4-2-5-18(12-16)26(15-21(27)24-13-19-6-3-11-31-19)22(28)14-25-32(29,30)20-9-7-17(23)8-10-20/h2,4-5,7-10,12,19,25H,3,6,11,13-15H2,1H3,(H,24,27)/t19-/m0/s1. The molecule has 2 N–H and O–H groups in total. The molecule has 0 radical (unpaired) electrons. The Kier molecular flexibility index (Phi) is 8.25. The average Bonchev–Trinajstić information content (AvgIpc) is 3.28. The van der Waals surface area contributed by atoms with Gasteiger partial charge in [-0.3, -0.25) is 9.59 Å². The minimum absolute atomic E-state index is 0.00823. The van der Waals surface area contributed by atoms with E-state index in [0.29, 0.717) is 23.9 Å². The van der Waals surface area contributed by atoms with Crippen molar-refractivity contribution in [2.45, 2.75) is 30.8 Å². The Labute approximate surface area is 192 Å². The summed E-state index contributed by atoms with van der Waals surface area (Å²) in [7, 11) is -3.92. The summed E-state index contributed by atoms with van der Waals surface area (Å²) in [6, 6.07) is 12.7. The van der Waals surface area contributed by atoms with Gasteiger partial charge >= 0.3 is 0 Å². The molecule has 1 saturated heterocycles. The van der Waals surface area contributed by atoms with Crippen molar-refractivity contribution in [3.05, 3.63) is 59.1 Å². The van der Waals surface area contributed by atoms with Crippen LogP contribution in [-0.2, 0) is 24.3 Å². The molecule has 0 aromatic heterocycles. The number of carbonyl (C=O) groups is 2. The second-order valence-corrected chi connectivity index (χ2v) is 9.74. The van der Waals surface area contributed by atoms with E-state index in [1.807, 2.05) is 13.0 Å². The maximum atomic E-state index is 13.0. The second kappa shape index (κ2) is 10.9. The fourth-order valence-electron chi connectivity index (χ4n) is 3.30. The van der Waals surface area contributed by atoms with Gasteiger partial charge in [-0.25, -0.2) is 13.1 Å². The summed E-state index contributed by atoms with van der Waals surface area (Å²) in [6.45, 7) is 2.18. The van der Waals surface area contributed by atoms with Gasteiger partial charge in [0.15, 0.2) is 0 Å². The molecular weight excluding hydrogens is 454 g/mol. The van der Waals surface area contributed by atoms with Gasteiger partial charge in [0.25, 0.3) is 0 Å². The van der Waals surface area contributed by atoms with Crippen molar-refractivity contribution in [3.8, 4) is 0 Å². The SMILES string of the molecule is Cc1cccc(N(CC(=O)NC[C@@H]2CCCO2)C(=O)CNS(=O)(=O)c2ccc(Cl)cc2)c1. The Hall–Kier alpha value is -2.46. The first-order chi connectivity index (χ1) is 15.2. The minimum atomic E-state index is -3.92. The van der Waals surface area contributed by atoms with Crippen molar-refractivity contribution in [2.75, 3.05) is 31.1 Å². The molecule has 2 aromatic rings. The average molecular weight is 480 g/mol. The summed E-state index contributed by atoms with van der Waals surface area (Å²) < 4.78 is 32.8. The number of amides is 2. The van der Waals surface area contributed by atoms with Crippen molar-refractivity contribution >= 4 is 39.1 Å². The van der Waals surface area contributed by atoms with Crippen LogP contribution in [0.1, 0.15) is 18.4 Å². The molecule has 8 nitrogen and oxygen atoms in total. The van der Waals surface area contributed by atoms with Crippen molar-refractivity contribution < 1.29 is 22.7 Å². The van der Waals surface area contributed by atoms with Crippen molar-refractivity contribution in [1.29, 1.82) is 0 Å². The van der Waals surface area contributed by atoms with Crippen molar-refractivity contribution in [1.82, 2.24) is 10.0 Å². The lowest BCUT2D eigenvalue weighted by molar-refractivity contribution is -0.123. The third kappa shape index (κ3) is 6.77. The molecule has 0 spiro atoms. The Bertz CT molecular complexity index is 1050. The van der Waals surface area contributed by atoms with Crippen molar-refractivity contribution in [3.63, 3.8) is 0 Å². The Balaban J connectivity index is 1.68. The van der Waals surface area contributed by atoms with E-state index in [0.717, 1.165) is 18.4 Å². The maximum absolute atomic E-state index is 13.0. The monoisotopic (exact) mass is 479 g/mol. The minimum Gasteiger partial charge on any atom is -0.376 e. The molecule has 10 heteroatoms. The predicted molar refractivity (Wildman–Crippen MR) is 122 cm³/mol. The van der Waals surface area contributed by atoms with Gasteiger partial charge in [0, 0.05) is 23.9 Å². The van der Waals surface area contributed by atoms with Crippen LogP contribution in [0, 0.1) is 6.92 Å². The molecule has 0 bridgehead atoms. The van der Waals surface area contributed by atoms with Crippen LogP contribution < -0.4 is 14.9 Å². The molecular formula is C22H26ClN3O5S. The number of aryl methyl sites for hydroxylation is 1. The van der Waals surface area contributed by atoms with Crippen LogP contribution in [0.5, 0.6) is 0 Å². The highest BCUT2D eigenvalue weighted by molar-refractivity contribution is 7.89. The highest BCUT2D eigenvalue weighted by Crippen LogP contribution is 2.17. The number of nitrogens with zero attached hydrogens (tertiary/aromatic N) is 1. The van der Waals surface area contributed by atoms with Gasteiger partial charge in [0.05, 0.1) is 17.5 Å². The van der Waals surface area contributed by atoms with Crippen molar-refractivity contribution in [2.24, 2.45) is 0 Å². The van der Waals surface area contributed by atoms with E-state index in [4.69, 9.17) is 16.3 Å². The zero-order valence-electron chi connectivity index (χ0n) is 17.7. The number of rotatable bonds is 9. The van der Waals surface area contributed by atoms with Crippen LogP contribution in [0.25, 0.3) is 0 Å². The molecule has 1 aliphatic heterocycles. The maximum Gasteiger partial charge on any atom is 0.242 e. The number of benzene rings is 2. The Morgan fingerprint density at radius 3 is 2.59 bits per heavy atom. The number of hydrogen-bond acceptors (Lipinski definition) is 5. The second-order valence-electron chi connectivity index (χ2n) is 7.54. The molecule has 172 valence electrons. The number of anilines is 1. The summed E-state index contributed by atoms with van der Waals surface area (Å²) in [5.41, 5.74) is 1.41. The molecule has 2 amide bonds. The quantitative estimate of drug-likeness (QED) is 0.574. The fourth-order valence-corrected chi connectivity index (χ4v) is 4.40. The summed E-state index contributed by atoms with van der Waals surface area (Å²) in [5.74, 6) is -0.906. The van der Waals surface area contributed by atoms with E-state index in [-0.39, 0.29) is 23.5 Å². The van der Waals surface area contributed by atoms with E-state index >= 15 is 0 Å². The van der Waals surface area contributed by atoms with Crippen LogP contribution in [0.15, 0.2) is 53.4 Å². The number of hydrogen-bond donors (Lipinski definition) is 2. The zero-order valence-corrected chi connectivity index (χ0v) is 19.3. The molecule has 0 aliphatic carbocycles.